The van der Waals surface area contributed by atoms with Crippen LogP contribution in [0, 0.1) is 0 Å². The lowest BCUT2D eigenvalue weighted by Gasteiger charge is -2.22. The van der Waals surface area contributed by atoms with Gasteiger partial charge in [-0.15, -0.1) is 0 Å². The van der Waals surface area contributed by atoms with E-state index in [0.717, 1.165) is 26.3 Å². The Labute approximate surface area is 67.4 Å². The van der Waals surface area contributed by atoms with E-state index in [9.17, 15) is 0 Å². The van der Waals surface area contributed by atoms with Crippen molar-refractivity contribution < 1.29 is 13.3 Å². The van der Waals surface area contributed by atoms with Gasteiger partial charge in [0.25, 0.3) is 0 Å². The molecular formula is C6H13NO3Si. The second kappa shape index (κ2) is 2.84. The van der Waals surface area contributed by atoms with Crippen molar-refractivity contribution in [2.24, 2.45) is 0 Å². The van der Waals surface area contributed by atoms with Crippen molar-refractivity contribution in [1.29, 1.82) is 0 Å². The molecule has 0 aromatic rings. The van der Waals surface area contributed by atoms with E-state index in [2.05, 4.69) is 4.90 Å². The van der Waals surface area contributed by atoms with Crippen LogP contribution >= 0.6 is 0 Å². The maximum Gasteiger partial charge on any atom is 0.498 e. The minimum atomic E-state index is -2.19. The summed E-state index contributed by atoms with van der Waals surface area (Å²) in [5.41, 5.74) is 0. The summed E-state index contributed by atoms with van der Waals surface area (Å²) in [7, 11) is -2.19. The van der Waals surface area contributed by atoms with Crippen LogP contribution in [0.1, 0.15) is 0 Å². The molecule has 0 atom stereocenters. The summed E-state index contributed by atoms with van der Waals surface area (Å²) < 4.78 is 16.6. The molecule has 2 fully saturated rings. The van der Waals surface area contributed by atoms with Crippen LogP contribution in [0.15, 0.2) is 0 Å². The number of fused-ring (bicyclic) bond motifs is 3. The first kappa shape index (κ1) is 7.69. The molecule has 0 saturated carbocycles. The molecule has 0 aromatic carbocycles. The van der Waals surface area contributed by atoms with E-state index in [1.165, 1.54) is 0 Å². The molecule has 2 heterocycles. The van der Waals surface area contributed by atoms with Crippen molar-refractivity contribution in [1.82, 2.24) is 4.90 Å². The van der Waals surface area contributed by atoms with Gasteiger partial charge in [0.2, 0.25) is 0 Å². The zero-order valence-electron chi connectivity index (χ0n) is 6.71. The van der Waals surface area contributed by atoms with E-state index >= 15 is 0 Å². The van der Waals surface area contributed by atoms with Crippen LogP contribution in [-0.4, -0.2) is 46.7 Å². The second-order valence-corrected chi connectivity index (χ2v) is 5.54. The van der Waals surface area contributed by atoms with Crippen LogP contribution in [0.3, 0.4) is 0 Å². The van der Waals surface area contributed by atoms with Gasteiger partial charge < -0.3 is 13.3 Å². The fourth-order valence-corrected chi connectivity index (χ4v) is 2.89. The Morgan fingerprint density at radius 3 is 2.36 bits per heavy atom. The van der Waals surface area contributed by atoms with Crippen LogP contribution in [-0.2, 0) is 13.3 Å². The molecule has 0 N–H and O–H groups in total. The average molecular weight is 175 g/mol. The third-order valence-corrected chi connectivity index (χ3v) is 4.16. The van der Waals surface area contributed by atoms with Gasteiger partial charge in [-0.2, -0.15) is 0 Å². The molecule has 0 aliphatic carbocycles. The second-order valence-electron chi connectivity index (χ2n) is 2.95. The summed E-state index contributed by atoms with van der Waals surface area (Å²) in [4.78, 5) is 2.21. The van der Waals surface area contributed by atoms with Crippen molar-refractivity contribution in [3.63, 3.8) is 0 Å². The van der Waals surface area contributed by atoms with E-state index in [-0.39, 0.29) is 0 Å². The Morgan fingerprint density at radius 2 is 1.73 bits per heavy atom. The number of hydrogen-bond acceptors (Lipinski definition) is 4. The summed E-state index contributed by atoms with van der Waals surface area (Å²) in [6.45, 7) is 6.11. The summed E-state index contributed by atoms with van der Waals surface area (Å²) in [5, 5.41) is 0. The molecule has 0 amide bonds. The van der Waals surface area contributed by atoms with Crippen LogP contribution in [0.4, 0.5) is 0 Å². The van der Waals surface area contributed by atoms with E-state index < -0.39 is 8.80 Å². The van der Waals surface area contributed by atoms with Gasteiger partial charge in [0.05, 0.1) is 19.9 Å². The van der Waals surface area contributed by atoms with Crippen LogP contribution < -0.4 is 0 Å². The Kier molecular flexibility index (Phi) is 1.98. The fourth-order valence-electron chi connectivity index (χ4n) is 1.29. The highest BCUT2D eigenvalue weighted by atomic mass is 28.4. The van der Waals surface area contributed by atoms with Crippen molar-refractivity contribution in [2.45, 2.75) is 6.55 Å². The first-order chi connectivity index (χ1) is 5.29. The fraction of sp³-hybridized carbons (Fsp3) is 1.00. The standard InChI is InChI=1S/C6H13NO3Si/c1-11-8-4-2-7(6-10-11)3-5-9-11/h2-6H2,1H3. The summed E-state index contributed by atoms with van der Waals surface area (Å²) >= 11 is 0. The summed E-state index contributed by atoms with van der Waals surface area (Å²) in [6, 6.07) is 0. The van der Waals surface area contributed by atoms with Gasteiger partial charge in [-0.3, -0.25) is 4.90 Å². The highest BCUT2D eigenvalue weighted by Gasteiger charge is 2.39. The topological polar surface area (TPSA) is 30.9 Å². The minimum absolute atomic E-state index is 0.683. The highest BCUT2D eigenvalue weighted by molar-refractivity contribution is 6.59. The van der Waals surface area contributed by atoms with Gasteiger partial charge in [0.15, 0.2) is 0 Å². The van der Waals surface area contributed by atoms with Crippen molar-refractivity contribution >= 4 is 8.80 Å². The Bertz CT molecular complexity index is 145. The third kappa shape index (κ3) is 1.62. The first-order valence-electron chi connectivity index (χ1n) is 3.93. The van der Waals surface area contributed by atoms with Crippen LogP contribution in [0.5, 0.6) is 0 Å². The molecule has 64 valence electrons. The molecule has 5 heteroatoms. The SMILES string of the molecule is C[Si]12OCCN(CCO1)CO2. The predicted molar refractivity (Wildman–Crippen MR) is 41.0 cm³/mol. The third-order valence-electron chi connectivity index (χ3n) is 2.05. The Balaban J connectivity index is 2.10. The normalized spacial score (nSPS) is 45.0. The predicted octanol–water partition coefficient (Wildman–Crippen LogP) is -0.108. The molecule has 11 heavy (non-hydrogen) atoms. The van der Waals surface area contributed by atoms with Crippen molar-refractivity contribution in [2.75, 3.05) is 33.0 Å². The van der Waals surface area contributed by atoms with Crippen molar-refractivity contribution in [3.8, 4) is 0 Å². The molecule has 0 spiro atoms. The van der Waals surface area contributed by atoms with Gasteiger partial charge in [-0.1, -0.05) is 0 Å². The van der Waals surface area contributed by atoms with E-state index in [1.54, 1.807) is 0 Å². The molecule has 4 nitrogen and oxygen atoms in total. The Morgan fingerprint density at radius 1 is 1.09 bits per heavy atom. The minimum Gasteiger partial charge on any atom is -0.372 e. The zero-order valence-corrected chi connectivity index (χ0v) is 7.71. The lowest BCUT2D eigenvalue weighted by Crippen LogP contribution is -2.42. The molecular weight excluding hydrogens is 162 g/mol. The van der Waals surface area contributed by atoms with Crippen LogP contribution in [0.25, 0.3) is 0 Å². The van der Waals surface area contributed by atoms with E-state index in [4.69, 9.17) is 13.3 Å². The molecule has 2 aliphatic rings. The highest BCUT2D eigenvalue weighted by Crippen LogP contribution is 2.16. The lowest BCUT2D eigenvalue weighted by molar-refractivity contribution is 0.0979. The summed E-state index contributed by atoms with van der Waals surface area (Å²) in [5.74, 6) is 0. The molecule has 0 unspecified atom stereocenters. The maximum absolute atomic E-state index is 5.53. The number of nitrogens with zero attached hydrogens (tertiary/aromatic N) is 1. The van der Waals surface area contributed by atoms with Gasteiger partial charge in [-0.25, -0.2) is 0 Å². The molecule has 2 rings (SSSR count). The monoisotopic (exact) mass is 175 g/mol. The molecule has 2 bridgehead atoms. The largest absolute Gasteiger partial charge is 0.498 e. The smallest absolute Gasteiger partial charge is 0.372 e. The number of rotatable bonds is 0. The lowest BCUT2D eigenvalue weighted by atomic mass is 10.5. The quantitative estimate of drug-likeness (QED) is 0.481. The van der Waals surface area contributed by atoms with Crippen LogP contribution in [0.2, 0.25) is 6.55 Å². The first-order valence-corrected chi connectivity index (χ1v) is 6.15. The molecule has 0 aromatic heterocycles. The van der Waals surface area contributed by atoms with Gasteiger partial charge >= 0.3 is 8.80 Å². The average Bonchev–Trinajstić information content (AvgIpc) is 2.19. The van der Waals surface area contributed by atoms with Gasteiger partial charge in [0.1, 0.15) is 0 Å². The summed E-state index contributed by atoms with van der Waals surface area (Å²) in [6.07, 6.45) is 0. The van der Waals surface area contributed by atoms with Crippen molar-refractivity contribution in [3.05, 3.63) is 0 Å². The van der Waals surface area contributed by atoms with E-state index in [1.807, 2.05) is 6.55 Å². The molecule has 2 aliphatic heterocycles. The Hall–Kier alpha value is 0.0569. The van der Waals surface area contributed by atoms with Gasteiger partial charge in [-0.05, 0) is 0 Å². The zero-order chi connectivity index (χ0) is 7.73. The molecule has 0 radical (unpaired) electrons. The van der Waals surface area contributed by atoms with E-state index in [0.29, 0.717) is 6.73 Å². The maximum atomic E-state index is 5.53. The van der Waals surface area contributed by atoms with Gasteiger partial charge in [0, 0.05) is 19.6 Å². The number of hydrogen-bond donors (Lipinski definition) is 0. The molecule has 2 saturated heterocycles.